The van der Waals surface area contributed by atoms with Crippen LogP contribution in [0.1, 0.15) is 5.56 Å². The van der Waals surface area contributed by atoms with Crippen LogP contribution in [-0.2, 0) is 4.74 Å². The van der Waals surface area contributed by atoms with Gasteiger partial charge in [-0.2, -0.15) is 10.2 Å². The average Bonchev–Trinajstić information content (AvgIpc) is 2.75. The van der Waals surface area contributed by atoms with Crippen LogP contribution in [0.3, 0.4) is 0 Å². The van der Waals surface area contributed by atoms with Gasteiger partial charge in [-0.15, -0.1) is 0 Å². The summed E-state index contributed by atoms with van der Waals surface area (Å²) < 4.78 is 5.43. The van der Waals surface area contributed by atoms with Gasteiger partial charge in [-0.05, 0) is 30.3 Å². The number of ether oxygens (including phenoxy) is 1. The Morgan fingerprint density at radius 1 is 1.11 bits per heavy atom. The van der Waals surface area contributed by atoms with Gasteiger partial charge in [-0.25, -0.2) is 9.97 Å². The average molecular weight is 373 g/mol. The molecule has 0 radical (unpaired) electrons. The zero-order valence-electron chi connectivity index (χ0n) is 15.2. The van der Waals surface area contributed by atoms with Crippen molar-refractivity contribution in [1.82, 2.24) is 15.0 Å². The van der Waals surface area contributed by atoms with Crippen LogP contribution < -0.4 is 16.0 Å². The molecule has 3 N–H and O–H groups in total. The molecule has 0 aliphatic carbocycles. The third kappa shape index (κ3) is 4.00. The minimum atomic E-state index is 0.456. The second-order valence-electron chi connectivity index (χ2n) is 6.33. The molecule has 1 aromatic carbocycles. The summed E-state index contributed by atoms with van der Waals surface area (Å²) in [6.07, 6.45) is 1.70. The number of morpholine rings is 1. The van der Waals surface area contributed by atoms with Gasteiger partial charge >= 0.3 is 0 Å². The van der Waals surface area contributed by atoms with E-state index in [1.54, 1.807) is 24.4 Å². The lowest BCUT2D eigenvalue weighted by Gasteiger charge is -2.27. The Bertz CT molecular complexity index is 1010. The normalized spacial score (nSPS) is 13.8. The summed E-state index contributed by atoms with van der Waals surface area (Å²) in [5, 5.41) is 12.4. The maximum absolute atomic E-state index is 9.12. The summed E-state index contributed by atoms with van der Waals surface area (Å²) in [7, 11) is 0. The zero-order chi connectivity index (χ0) is 19.3. The number of aromatic nitrogens is 3. The predicted molar refractivity (Wildman–Crippen MR) is 107 cm³/mol. The monoisotopic (exact) mass is 373 g/mol. The summed E-state index contributed by atoms with van der Waals surface area (Å²) >= 11 is 0. The van der Waals surface area contributed by atoms with E-state index in [1.165, 1.54) is 0 Å². The van der Waals surface area contributed by atoms with Crippen LogP contribution in [0.15, 0.2) is 48.7 Å². The molecule has 4 rings (SSSR count). The molecule has 0 bridgehead atoms. The first-order valence-corrected chi connectivity index (χ1v) is 8.92. The summed E-state index contributed by atoms with van der Waals surface area (Å²) in [6.45, 7) is 2.74. The molecule has 0 atom stereocenters. The van der Waals surface area contributed by atoms with Gasteiger partial charge in [0.05, 0.1) is 30.5 Å². The molecular formula is C20H19N7O. The van der Waals surface area contributed by atoms with Crippen LogP contribution in [0.4, 0.5) is 23.3 Å². The number of hydrogen-bond acceptors (Lipinski definition) is 8. The molecule has 140 valence electrons. The SMILES string of the molecule is N#Cc1cccc(Nc2cc(-c3ccc(N)nc3)nc(N3CCOCC3)n2)c1. The van der Waals surface area contributed by atoms with Crippen molar-refractivity contribution < 1.29 is 4.74 Å². The molecule has 3 heterocycles. The second-order valence-corrected chi connectivity index (χ2v) is 6.33. The Hall–Kier alpha value is -3.70. The molecule has 28 heavy (non-hydrogen) atoms. The first-order chi connectivity index (χ1) is 13.7. The van der Waals surface area contributed by atoms with Crippen LogP contribution in [0, 0.1) is 11.3 Å². The molecule has 0 unspecified atom stereocenters. The first kappa shape index (κ1) is 17.7. The lowest BCUT2D eigenvalue weighted by atomic mass is 10.2. The van der Waals surface area contributed by atoms with E-state index in [0.29, 0.717) is 36.4 Å². The molecule has 1 saturated heterocycles. The van der Waals surface area contributed by atoms with Crippen molar-refractivity contribution in [3.8, 4) is 17.3 Å². The molecule has 1 aliphatic rings. The van der Waals surface area contributed by atoms with Crippen LogP contribution in [0.2, 0.25) is 0 Å². The van der Waals surface area contributed by atoms with Crippen molar-refractivity contribution in [2.45, 2.75) is 0 Å². The van der Waals surface area contributed by atoms with Crippen molar-refractivity contribution in [3.05, 3.63) is 54.2 Å². The van der Waals surface area contributed by atoms with Crippen molar-refractivity contribution in [2.75, 3.05) is 42.3 Å². The fraction of sp³-hybridized carbons (Fsp3) is 0.200. The van der Waals surface area contributed by atoms with Crippen molar-refractivity contribution in [2.24, 2.45) is 0 Å². The lowest BCUT2D eigenvalue weighted by molar-refractivity contribution is 0.122. The Kier molecular flexibility index (Phi) is 4.99. The number of rotatable bonds is 4. The molecule has 3 aromatic rings. The van der Waals surface area contributed by atoms with Gasteiger partial charge in [0.1, 0.15) is 11.6 Å². The minimum absolute atomic E-state index is 0.456. The number of nitrogen functional groups attached to an aromatic ring is 1. The molecule has 2 aromatic heterocycles. The molecule has 8 heteroatoms. The smallest absolute Gasteiger partial charge is 0.228 e. The Labute approximate surface area is 162 Å². The first-order valence-electron chi connectivity index (χ1n) is 8.92. The highest BCUT2D eigenvalue weighted by Crippen LogP contribution is 2.25. The maximum Gasteiger partial charge on any atom is 0.228 e. The summed E-state index contributed by atoms with van der Waals surface area (Å²) in [6, 6.07) is 14.9. The molecule has 1 fully saturated rings. The molecule has 0 amide bonds. The number of hydrogen-bond donors (Lipinski definition) is 2. The van der Waals surface area contributed by atoms with E-state index in [2.05, 4.69) is 26.3 Å². The molecular weight excluding hydrogens is 354 g/mol. The number of pyridine rings is 1. The van der Waals surface area contributed by atoms with E-state index in [1.807, 2.05) is 24.3 Å². The summed E-state index contributed by atoms with van der Waals surface area (Å²) in [5.74, 6) is 1.72. The Balaban J connectivity index is 1.72. The van der Waals surface area contributed by atoms with Gasteiger partial charge in [0.15, 0.2) is 0 Å². The Morgan fingerprint density at radius 3 is 2.71 bits per heavy atom. The number of nitrogens with one attached hydrogen (secondary N) is 1. The maximum atomic E-state index is 9.12. The van der Waals surface area contributed by atoms with Gasteiger partial charge in [0.2, 0.25) is 5.95 Å². The van der Waals surface area contributed by atoms with Gasteiger partial charge < -0.3 is 20.7 Å². The number of benzene rings is 1. The number of nitrogens with zero attached hydrogens (tertiary/aromatic N) is 5. The topological polar surface area (TPSA) is 113 Å². The van der Waals surface area contributed by atoms with Gasteiger partial charge in [0.25, 0.3) is 0 Å². The largest absolute Gasteiger partial charge is 0.384 e. The van der Waals surface area contributed by atoms with Crippen molar-refractivity contribution in [3.63, 3.8) is 0 Å². The van der Waals surface area contributed by atoms with E-state index in [-0.39, 0.29) is 0 Å². The molecule has 8 nitrogen and oxygen atoms in total. The fourth-order valence-electron chi connectivity index (χ4n) is 2.92. The van der Waals surface area contributed by atoms with Gasteiger partial charge in [-0.3, -0.25) is 0 Å². The highest BCUT2D eigenvalue weighted by atomic mass is 16.5. The van der Waals surface area contributed by atoms with Crippen LogP contribution >= 0.6 is 0 Å². The highest BCUT2D eigenvalue weighted by Gasteiger charge is 2.16. The number of nitrogens with two attached hydrogens (primary N) is 1. The molecule has 0 saturated carbocycles. The summed E-state index contributed by atoms with van der Waals surface area (Å²) in [5.41, 5.74) is 8.66. The third-order valence-electron chi connectivity index (χ3n) is 4.35. The van der Waals surface area contributed by atoms with E-state index >= 15 is 0 Å². The molecule has 1 aliphatic heterocycles. The van der Waals surface area contributed by atoms with Crippen LogP contribution in [-0.4, -0.2) is 41.3 Å². The minimum Gasteiger partial charge on any atom is -0.384 e. The highest BCUT2D eigenvalue weighted by molar-refractivity contribution is 5.68. The third-order valence-corrected chi connectivity index (χ3v) is 4.35. The van der Waals surface area contributed by atoms with Gasteiger partial charge in [0, 0.05) is 36.6 Å². The standard InChI is InChI=1S/C20H19N7O/c21-12-14-2-1-3-16(10-14)24-19-11-17(15-4-5-18(22)23-13-15)25-20(26-19)27-6-8-28-9-7-27/h1-5,10-11,13H,6-9H2,(H2,22,23)(H,24,25,26). The van der Waals surface area contributed by atoms with Crippen LogP contribution in [0.5, 0.6) is 0 Å². The van der Waals surface area contributed by atoms with E-state index in [0.717, 1.165) is 30.0 Å². The van der Waals surface area contributed by atoms with Crippen molar-refractivity contribution in [1.29, 1.82) is 5.26 Å². The zero-order valence-corrected chi connectivity index (χ0v) is 15.2. The summed E-state index contributed by atoms with van der Waals surface area (Å²) in [4.78, 5) is 15.6. The lowest BCUT2D eigenvalue weighted by Crippen LogP contribution is -2.37. The van der Waals surface area contributed by atoms with Crippen molar-refractivity contribution >= 4 is 23.3 Å². The predicted octanol–water partition coefficient (Wildman–Crippen LogP) is 2.57. The van der Waals surface area contributed by atoms with Gasteiger partial charge in [-0.1, -0.05) is 6.07 Å². The Morgan fingerprint density at radius 2 is 1.96 bits per heavy atom. The molecule has 0 spiro atoms. The number of anilines is 4. The fourth-order valence-corrected chi connectivity index (χ4v) is 2.92. The second kappa shape index (κ2) is 7.90. The van der Waals surface area contributed by atoms with E-state index in [9.17, 15) is 0 Å². The number of nitriles is 1. The quantitative estimate of drug-likeness (QED) is 0.717. The van der Waals surface area contributed by atoms with E-state index in [4.69, 9.17) is 20.7 Å². The van der Waals surface area contributed by atoms with E-state index < -0.39 is 0 Å². The van der Waals surface area contributed by atoms with Crippen LogP contribution in [0.25, 0.3) is 11.3 Å².